The highest BCUT2D eigenvalue weighted by Crippen LogP contribution is 1.85. The Kier molecular flexibility index (Phi) is 3.03. The molecular formula is C9H9NO3. The van der Waals surface area contributed by atoms with Gasteiger partial charge in [-0.05, 0) is 6.07 Å². The monoisotopic (exact) mass is 179 g/mol. The lowest BCUT2D eigenvalue weighted by Gasteiger charge is -2.03. The van der Waals surface area contributed by atoms with E-state index in [1.54, 1.807) is 18.3 Å². The molecule has 4 heteroatoms. The van der Waals surface area contributed by atoms with Crippen LogP contribution in [0.5, 0.6) is 0 Å². The molecule has 0 aliphatic heterocycles. The van der Waals surface area contributed by atoms with Gasteiger partial charge in [0.15, 0.2) is 6.73 Å². The number of pyridine rings is 1. The smallest absolute Gasteiger partial charge is 0.331 e. The second-order valence-electron chi connectivity index (χ2n) is 2.31. The molecule has 1 aromatic rings. The van der Waals surface area contributed by atoms with Crippen LogP contribution in [0.4, 0.5) is 0 Å². The zero-order valence-electron chi connectivity index (χ0n) is 6.97. The van der Waals surface area contributed by atoms with Crippen molar-refractivity contribution < 1.29 is 9.53 Å². The summed E-state index contributed by atoms with van der Waals surface area (Å²) in [5.74, 6) is -0.546. The van der Waals surface area contributed by atoms with Crippen molar-refractivity contribution in [1.29, 1.82) is 0 Å². The quantitative estimate of drug-likeness (QED) is 0.502. The minimum absolute atomic E-state index is 0.0788. The van der Waals surface area contributed by atoms with E-state index < -0.39 is 5.97 Å². The third kappa shape index (κ3) is 2.59. The van der Waals surface area contributed by atoms with Crippen LogP contribution < -0.4 is 5.56 Å². The van der Waals surface area contributed by atoms with Gasteiger partial charge in [0.05, 0.1) is 0 Å². The lowest BCUT2D eigenvalue weighted by atomic mass is 10.5. The van der Waals surface area contributed by atoms with Crippen molar-refractivity contribution in [3.8, 4) is 0 Å². The summed E-state index contributed by atoms with van der Waals surface area (Å²) < 4.78 is 5.94. The molecule has 0 aliphatic rings. The summed E-state index contributed by atoms with van der Waals surface area (Å²) in [6.45, 7) is 3.15. The van der Waals surface area contributed by atoms with Crippen LogP contribution in [-0.4, -0.2) is 10.5 Å². The Labute approximate surface area is 75.1 Å². The lowest BCUT2D eigenvalue weighted by Crippen LogP contribution is -2.20. The number of rotatable bonds is 3. The van der Waals surface area contributed by atoms with E-state index in [2.05, 4.69) is 11.3 Å². The van der Waals surface area contributed by atoms with E-state index >= 15 is 0 Å². The average Bonchev–Trinajstić information content (AvgIpc) is 2.16. The molecule has 0 spiro atoms. The van der Waals surface area contributed by atoms with Gasteiger partial charge in [0, 0.05) is 18.3 Å². The van der Waals surface area contributed by atoms with E-state index in [4.69, 9.17) is 0 Å². The minimum atomic E-state index is -0.546. The van der Waals surface area contributed by atoms with Crippen molar-refractivity contribution in [2.45, 2.75) is 6.73 Å². The Morgan fingerprint density at radius 2 is 2.38 bits per heavy atom. The zero-order chi connectivity index (χ0) is 9.68. The van der Waals surface area contributed by atoms with Gasteiger partial charge in [0.2, 0.25) is 0 Å². The molecule has 0 aromatic carbocycles. The van der Waals surface area contributed by atoms with E-state index in [9.17, 15) is 9.59 Å². The van der Waals surface area contributed by atoms with E-state index in [-0.39, 0.29) is 12.3 Å². The first-order valence-electron chi connectivity index (χ1n) is 3.68. The molecule has 1 aromatic heterocycles. The largest absolute Gasteiger partial charge is 0.441 e. The van der Waals surface area contributed by atoms with Crippen LogP contribution in [-0.2, 0) is 16.3 Å². The Bertz CT molecular complexity index is 367. The van der Waals surface area contributed by atoms with Crippen molar-refractivity contribution in [1.82, 2.24) is 4.57 Å². The Morgan fingerprint density at radius 3 is 3.00 bits per heavy atom. The van der Waals surface area contributed by atoms with Gasteiger partial charge in [-0.2, -0.15) is 0 Å². The number of aromatic nitrogens is 1. The fraction of sp³-hybridized carbons (Fsp3) is 0.111. The molecule has 0 saturated carbocycles. The molecule has 0 radical (unpaired) electrons. The fourth-order valence-electron chi connectivity index (χ4n) is 0.759. The molecule has 0 saturated heterocycles. The third-order valence-corrected chi connectivity index (χ3v) is 1.41. The van der Waals surface area contributed by atoms with E-state index in [1.165, 1.54) is 10.6 Å². The first-order chi connectivity index (χ1) is 6.24. The van der Waals surface area contributed by atoms with Crippen LogP contribution in [0.3, 0.4) is 0 Å². The van der Waals surface area contributed by atoms with Crippen LogP contribution in [0, 0.1) is 0 Å². The second kappa shape index (κ2) is 4.25. The predicted molar refractivity (Wildman–Crippen MR) is 47.0 cm³/mol. The fourth-order valence-corrected chi connectivity index (χ4v) is 0.759. The van der Waals surface area contributed by atoms with Crippen molar-refractivity contribution in [3.63, 3.8) is 0 Å². The molecule has 1 heterocycles. The summed E-state index contributed by atoms with van der Waals surface area (Å²) in [6.07, 6.45) is 2.59. The predicted octanol–water partition coefficient (Wildman–Crippen LogP) is 0.535. The van der Waals surface area contributed by atoms with Crippen LogP contribution in [0.1, 0.15) is 0 Å². The van der Waals surface area contributed by atoms with Gasteiger partial charge in [-0.1, -0.05) is 12.6 Å². The summed E-state index contributed by atoms with van der Waals surface area (Å²) in [5.41, 5.74) is -0.209. The number of carbonyl (C=O) groups excluding carboxylic acids is 1. The highest BCUT2D eigenvalue weighted by Gasteiger charge is 1.96. The van der Waals surface area contributed by atoms with Crippen molar-refractivity contribution in [2.75, 3.05) is 0 Å². The molecule has 0 bridgehead atoms. The van der Waals surface area contributed by atoms with Crippen molar-refractivity contribution >= 4 is 5.97 Å². The maximum absolute atomic E-state index is 11.1. The van der Waals surface area contributed by atoms with E-state index in [0.717, 1.165) is 6.08 Å². The summed E-state index contributed by atoms with van der Waals surface area (Å²) in [7, 11) is 0. The summed E-state index contributed by atoms with van der Waals surface area (Å²) >= 11 is 0. The Morgan fingerprint density at radius 1 is 1.62 bits per heavy atom. The van der Waals surface area contributed by atoms with E-state index in [1.807, 2.05) is 0 Å². The molecular weight excluding hydrogens is 170 g/mol. The van der Waals surface area contributed by atoms with Crippen LogP contribution in [0.15, 0.2) is 41.8 Å². The molecule has 4 nitrogen and oxygen atoms in total. The molecule has 1 rings (SSSR count). The Balaban J connectivity index is 2.65. The molecule has 0 aliphatic carbocycles. The highest BCUT2D eigenvalue weighted by atomic mass is 16.5. The standard InChI is InChI=1S/C9H9NO3/c1-2-9(12)13-7-10-6-4-3-5-8(10)11/h2-6H,1,7H2. The summed E-state index contributed by atoms with van der Waals surface area (Å²) in [5, 5.41) is 0. The van der Waals surface area contributed by atoms with Gasteiger partial charge in [0.25, 0.3) is 5.56 Å². The third-order valence-electron chi connectivity index (χ3n) is 1.41. The van der Waals surface area contributed by atoms with Crippen LogP contribution in [0.25, 0.3) is 0 Å². The topological polar surface area (TPSA) is 48.3 Å². The van der Waals surface area contributed by atoms with Gasteiger partial charge in [-0.15, -0.1) is 0 Å². The number of nitrogens with zero attached hydrogens (tertiary/aromatic N) is 1. The Hall–Kier alpha value is -1.84. The molecule has 0 fully saturated rings. The van der Waals surface area contributed by atoms with Crippen LogP contribution >= 0.6 is 0 Å². The molecule has 0 amide bonds. The summed E-state index contributed by atoms with van der Waals surface area (Å²) in [4.78, 5) is 21.7. The number of ether oxygens (including phenoxy) is 1. The average molecular weight is 179 g/mol. The normalized spacial score (nSPS) is 9.23. The van der Waals surface area contributed by atoms with Gasteiger partial charge in [-0.25, -0.2) is 4.79 Å². The molecule has 0 unspecified atom stereocenters. The van der Waals surface area contributed by atoms with Crippen molar-refractivity contribution in [3.05, 3.63) is 47.4 Å². The van der Waals surface area contributed by atoms with Gasteiger partial charge >= 0.3 is 5.97 Å². The van der Waals surface area contributed by atoms with E-state index in [0.29, 0.717) is 0 Å². The first-order valence-corrected chi connectivity index (χ1v) is 3.68. The summed E-state index contributed by atoms with van der Waals surface area (Å²) in [6, 6.07) is 4.69. The van der Waals surface area contributed by atoms with Gasteiger partial charge in [0.1, 0.15) is 0 Å². The SMILES string of the molecule is C=CC(=O)OCn1ccccc1=O. The highest BCUT2D eigenvalue weighted by molar-refractivity contribution is 5.80. The van der Waals surface area contributed by atoms with Gasteiger partial charge in [-0.3, -0.25) is 9.36 Å². The van der Waals surface area contributed by atoms with Crippen molar-refractivity contribution in [2.24, 2.45) is 0 Å². The minimum Gasteiger partial charge on any atom is -0.441 e. The van der Waals surface area contributed by atoms with Crippen LogP contribution in [0.2, 0.25) is 0 Å². The first kappa shape index (κ1) is 9.25. The maximum Gasteiger partial charge on any atom is 0.331 e. The molecule has 0 atom stereocenters. The second-order valence-corrected chi connectivity index (χ2v) is 2.31. The zero-order valence-corrected chi connectivity index (χ0v) is 6.97. The number of hydrogen-bond acceptors (Lipinski definition) is 3. The maximum atomic E-state index is 11.1. The molecule has 68 valence electrons. The number of hydrogen-bond donors (Lipinski definition) is 0. The number of carbonyl (C=O) groups is 1. The molecule has 0 N–H and O–H groups in total. The van der Waals surface area contributed by atoms with Gasteiger partial charge < -0.3 is 4.74 Å². The molecule has 13 heavy (non-hydrogen) atoms. The number of esters is 1. The lowest BCUT2D eigenvalue weighted by molar-refractivity contribution is -0.141.